The summed E-state index contributed by atoms with van der Waals surface area (Å²) in [6, 6.07) is 9.29. The van der Waals surface area contributed by atoms with Crippen molar-refractivity contribution in [1.29, 1.82) is 0 Å². The van der Waals surface area contributed by atoms with E-state index in [1.54, 1.807) is 0 Å². The van der Waals surface area contributed by atoms with E-state index in [0.29, 0.717) is 11.7 Å². The lowest BCUT2D eigenvalue weighted by Crippen LogP contribution is -2.26. The normalized spacial score (nSPS) is 21.1. The van der Waals surface area contributed by atoms with Crippen molar-refractivity contribution in [3.63, 3.8) is 0 Å². The number of nitrogens with zero attached hydrogens (tertiary/aromatic N) is 1. The molecule has 0 radical (unpaired) electrons. The molecule has 1 aliphatic carbocycles. The highest BCUT2D eigenvalue weighted by atomic mass is 16.5. The molecule has 4 nitrogen and oxygen atoms in total. The maximum atomic E-state index is 11.6. The Bertz CT molecular complexity index is 443. The van der Waals surface area contributed by atoms with Gasteiger partial charge in [0.05, 0.1) is 0 Å². The van der Waals surface area contributed by atoms with Gasteiger partial charge in [-0.3, -0.25) is 4.79 Å². The minimum absolute atomic E-state index is 0.00362. The first kappa shape index (κ1) is 13.6. The highest BCUT2D eigenvalue weighted by molar-refractivity contribution is 5.87. The van der Waals surface area contributed by atoms with E-state index < -0.39 is 0 Å². The fourth-order valence-electron chi connectivity index (χ4n) is 2.20. The third-order valence-electron chi connectivity index (χ3n) is 3.20. The van der Waals surface area contributed by atoms with Gasteiger partial charge in [0.25, 0.3) is 5.91 Å². The number of nitrogens with one attached hydrogen (secondary N) is 1. The van der Waals surface area contributed by atoms with Crippen LogP contribution in [0.4, 0.5) is 0 Å². The van der Waals surface area contributed by atoms with Crippen LogP contribution in [0.15, 0.2) is 35.4 Å². The van der Waals surface area contributed by atoms with E-state index in [4.69, 9.17) is 4.74 Å². The average molecular weight is 260 g/mol. The summed E-state index contributed by atoms with van der Waals surface area (Å²) in [5.41, 5.74) is 3.66. The molecule has 2 rings (SSSR count). The third kappa shape index (κ3) is 4.73. The zero-order valence-electron chi connectivity index (χ0n) is 11.3. The van der Waals surface area contributed by atoms with Gasteiger partial charge in [-0.05, 0) is 43.7 Å². The summed E-state index contributed by atoms with van der Waals surface area (Å²) in [6.07, 6.45) is 4.39. The molecule has 0 aromatic heterocycles. The zero-order valence-corrected chi connectivity index (χ0v) is 11.3. The van der Waals surface area contributed by atoms with Crippen LogP contribution in [0.3, 0.4) is 0 Å². The van der Waals surface area contributed by atoms with Crippen molar-refractivity contribution in [2.75, 3.05) is 6.61 Å². The molecule has 1 N–H and O–H groups in total. The van der Waals surface area contributed by atoms with Gasteiger partial charge in [0.1, 0.15) is 5.75 Å². The van der Waals surface area contributed by atoms with Crippen molar-refractivity contribution in [2.45, 2.75) is 32.6 Å². The van der Waals surface area contributed by atoms with Crippen molar-refractivity contribution in [3.05, 3.63) is 30.3 Å². The smallest absolute Gasteiger partial charge is 0.277 e. The molecule has 1 fully saturated rings. The molecule has 4 heteroatoms. The standard InChI is InChI=1S/C15H20N2O2/c1-12-6-5-7-13(10-12)16-17-15(18)11-19-14-8-3-2-4-9-14/h2-4,8-9,12H,5-7,10-11H2,1H3,(H,17,18)/b16-13+/t12-/m1/s1. The van der Waals surface area contributed by atoms with Gasteiger partial charge in [0.2, 0.25) is 0 Å². The number of hydrogen-bond donors (Lipinski definition) is 1. The van der Waals surface area contributed by atoms with E-state index in [1.165, 1.54) is 6.42 Å². The van der Waals surface area contributed by atoms with Crippen LogP contribution in [0.2, 0.25) is 0 Å². The van der Waals surface area contributed by atoms with E-state index in [2.05, 4.69) is 17.5 Å². The van der Waals surface area contributed by atoms with E-state index in [9.17, 15) is 4.79 Å². The first-order chi connectivity index (χ1) is 9.24. The summed E-state index contributed by atoms with van der Waals surface area (Å²) in [4.78, 5) is 11.6. The fraction of sp³-hybridized carbons (Fsp3) is 0.467. The van der Waals surface area contributed by atoms with Gasteiger partial charge in [0, 0.05) is 5.71 Å². The number of benzene rings is 1. The number of amides is 1. The highest BCUT2D eigenvalue weighted by Gasteiger charge is 2.14. The summed E-state index contributed by atoms with van der Waals surface area (Å²) in [7, 11) is 0. The van der Waals surface area contributed by atoms with E-state index >= 15 is 0 Å². The van der Waals surface area contributed by atoms with Crippen molar-refractivity contribution >= 4 is 11.6 Å². The molecule has 1 atom stereocenters. The van der Waals surface area contributed by atoms with Crippen LogP contribution in [0.5, 0.6) is 5.75 Å². The van der Waals surface area contributed by atoms with Crippen LogP contribution in [0.25, 0.3) is 0 Å². The van der Waals surface area contributed by atoms with E-state index in [0.717, 1.165) is 25.0 Å². The summed E-state index contributed by atoms with van der Waals surface area (Å²) < 4.78 is 5.35. The molecule has 1 aliphatic rings. The Morgan fingerprint density at radius 2 is 2.21 bits per heavy atom. The lowest BCUT2D eigenvalue weighted by Gasteiger charge is -2.18. The van der Waals surface area contributed by atoms with Crippen molar-refractivity contribution in [1.82, 2.24) is 5.43 Å². The molecule has 1 amide bonds. The van der Waals surface area contributed by atoms with Gasteiger partial charge < -0.3 is 4.74 Å². The molecule has 1 aromatic rings. The third-order valence-corrected chi connectivity index (χ3v) is 3.20. The minimum atomic E-state index is -0.213. The first-order valence-corrected chi connectivity index (χ1v) is 6.76. The Balaban J connectivity index is 1.74. The van der Waals surface area contributed by atoms with Gasteiger partial charge in [-0.2, -0.15) is 5.10 Å². The van der Waals surface area contributed by atoms with Crippen LogP contribution in [0, 0.1) is 5.92 Å². The van der Waals surface area contributed by atoms with Crippen LogP contribution < -0.4 is 10.2 Å². The van der Waals surface area contributed by atoms with Crippen LogP contribution >= 0.6 is 0 Å². The molecule has 0 unspecified atom stereocenters. The quantitative estimate of drug-likeness (QED) is 0.846. The van der Waals surface area contributed by atoms with E-state index in [1.807, 2.05) is 30.3 Å². The number of carbonyl (C=O) groups is 1. The fourth-order valence-corrected chi connectivity index (χ4v) is 2.20. The topological polar surface area (TPSA) is 50.7 Å². The molecule has 1 aromatic carbocycles. The number of ether oxygens (including phenoxy) is 1. The number of carbonyl (C=O) groups excluding carboxylic acids is 1. The molecule has 0 bridgehead atoms. The summed E-state index contributed by atoms with van der Waals surface area (Å²) >= 11 is 0. The highest BCUT2D eigenvalue weighted by Crippen LogP contribution is 2.20. The SMILES string of the molecule is C[C@@H]1CCC/C(=N\NC(=O)COc2ccccc2)C1. The predicted molar refractivity (Wildman–Crippen MR) is 75.1 cm³/mol. The average Bonchev–Trinajstić information content (AvgIpc) is 2.44. The molecule has 19 heavy (non-hydrogen) atoms. The maximum Gasteiger partial charge on any atom is 0.277 e. The number of para-hydroxylation sites is 1. The molecule has 0 spiro atoms. The van der Waals surface area contributed by atoms with Gasteiger partial charge >= 0.3 is 0 Å². The monoisotopic (exact) mass is 260 g/mol. The Kier molecular flexibility index (Phi) is 4.95. The summed E-state index contributed by atoms with van der Waals surface area (Å²) in [6.45, 7) is 2.21. The number of hydrogen-bond acceptors (Lipinski definition) is 3. The molecule has 1 saturated carbocycles. The zero-order chi connectivity index (χ0) is 13.5. The second-order valence-electron chi connectivity index (χ2n) is 5.02. The molecular formula is C15H20N2O2. The first-order valence-electron chi connectivity index (χ1n) is 6.76. The van der Waals surface area contributed by atoms with Crippen molar-refractivity contribution < 1.29 is 9.53 Å². The van der Waals surface area contributed by atoms with Crippen LogP contribution in [-0.4, -0.2) is 18.2 Å². The molecule has 0 saturated heterocycles. The van der Waals surface area contributed by atoms with Crippen LogP contribution in [0.1, 0.15) is 32.6 Å². The Morgan fingerprint density at radius 3 is 2.95 bits per heavy atom. The second kappa shape index (κ2) is 6.92. The Morgan fingerprint density at radius 1 is 1.42 bits per heavy atom. The van der Waals surface area contributed by atoms with Gasteiger partial charge in [0.15, 0.2) is 6.61 Å². The Hall–Kier alpha value is -1.84. The van der Waals surface area contributed by atoms with Crippen molar-refractivity contribution in [3.8, 4) is 5.75 Å². The largest absolute Gasteiger partial charge is 0.484 e. The van der Waals surface area contributed by atoms with E-state index in [-0.39, 0.29) is 12.5 Å². The van der Waals surface area contributed by atoms with Gasteiger partial charge in [-0.25, -0.2) is 5.43 Å². The summed E-state index contributed by atoms with van der Waals surface area (Å²) in [5.74, 6) is 1.15. The molecule has 0 aliphatic heterocycles. The second-order valence-corrected chi connectivity index (χ2v) is 5.02. The van der Waals surface area contributed by atoms with Gasteiger partial charge in [-0.15, -0.1) is 0 Å². The van der Waals surface area contributed by atoms with Crippen LogP contribution in [-0.2, 0) is 4.79 Å². The Labute approximate surface area is 113 Å². The lowest BCUT2D eigenvalue weighted by atomic mass is 9.89. The molecule has 102 valence electrons. The maximum absolute atomic E-state index is 11.6. The van der Waals surface area contributed by atoms with Gasteiger partial charge in [-0.1, -0.05) is 25.1 Å². The number of rotatable bonds is 4. The number of hydrazone groups is 1. The predicted octanol–water partition coefficient (Wildman–Crippen LogP) is 2.75. The van der Waals surface area contributed by atoms with Crippen molar-refractivity contribution in [2.24, 2.45) is 11.0 Å². The molecule has 0 heterocycles. The minimum Gasteiger partial charge on any atom is -0.484 e. The molecular weight excluding hydrogens is 240 g/mol. The summed E-state index contributed by atoms with van der Waals surface area (Å²) in [5, 5.41) is 4.18. The lowest BCUT2D eigenvalue weighted by molar-refractivity contribution is -0.123.